The maximum absolute atomic E-state index is 12.9. The molecule has 3 rings (SSSR count). The van der Waals surface area contributed by atoms with Gasteiger partial charge in [-0.1, -0.05) is 32.1 Å². The number of hydrogen-bond donors (Lipinski definition) is 1. The summed E-state index contributed by atoms with van der Waals surface area (Å²) in [4.78, 5) is 16.7. The van der Waals surface area contributed by atoms with Crippen molar-refractivity contribution in [3.8, 4) is 0 Å². The summed E-state index contributed by atoms with van der Waals surface area (Å²) >= 11 is 0. The second kappa shape index (κ2) is 8.48. The molecule has 7 heteroatoms. The van der Waals surface area contributed by atoms with Gasteiger partial charge in [-0.05, 0) is 32.2 Å². The first-order chi connectivity index (χ1) is 12.5. The molecule has 0 unspecified atom stereocenters. The van der Waals surface area contributed by atoms with Gasteiger partial charge in [0, 0.05) is 26.6 Å². The molecule has 1 aromatic rings. The number of carbonyl (C=O) groups is 1. The Bertz CT molecular complexity index is 599. The number of aryl methyl sites for hydroxylation is 1. The second-order valence-electron chi connectivity index (χ2n) is 8.11. The molecule has 1 saturated carbocycles. The zero-order valence-electron chi connectivity index (χ0n) is 16.1. The molecule has 1 aromatic heterocycles. The molecule has 2 aliphatic rings. The van der Waals surface area contributed by atoms with Gasteiger partial charge in [0.05, 0.1) is 6.54 Å². The summed E-state index contributed by atoms with van der Waals surface area (Å²) in [6.45, 7) is 4.00. The van der Waals surface area contributed by atoms with Crippen molar-refractivity contribution in [2.75, 3.05) is 26.7 Å². The van der Waals surface area contributed by atoms with Crippen LogP contribution < -0.4 is 0 Å². The van der Waals surface area contributed by atoms with Crippen molar-refractivity contribution in [1.29, 1.82) is 0 Å². The summed E-state index contributed by atoms with van der Waals surface area (Å²) in [5, 5.41) is 18.8. The summed E-state index contributed by atoms with van der Waals surface area (Å²) in [5.41, 5.74) is -1.31. The zero-order chi connectivity index (χ0) is 18.6. The second-order valence-corrected chi connectivity index (χ2v) is 8.11. The summed E-state index contributed by atoms with van der Waals surface area (Å²) in [6.07, 6.45) is 9.01. The Morgan fingerprint density at radius 2 is 2.04 bits per heavy atom. The van der Waals surface area contributed by atoms with Crippen molar-refractivity contribution in [2.24, 2.45) is 5.92 Å². The van der Waals surface area contributed by atoms with Crippen molar-refractivity contribution < 1.29 is 14.3 Å². The lowest BCUT2D eigenvalue weighted by atomic mass is 9.86. The average Bonchev–Trinajstić information content (AvgIpc) is 3.02. The third kappa shape index (κ3) is 4.82. The van der Waals surface area contributed by atoms with Gasteiger partial charge in [0.2, 0.25) is 11.8 Å². The van der Waals surface area contributed by atoms with Crippen LogP contribution in [0.15, 0.2) is 4.42 Å². The number of likely N-dealkylation sites (N-methyl/N-ethyl adjacent to an activating group) is 1. The highest BCUT2D eigenvalue weighted by molar-refractivity contribution is 5.86. The SMILES string of the molecule is Cc1nnc(CN(C)C[C@@]2(O)CCCN(CCC3CCCCC3)C2=O)o1. The van der Waals surface area contributed by atoms with Crippen LogP contribution in [-0.4, -0.2) is 63.3 Å². The molecule has 0 spiro atoms. The lowest BCUT2D eigenvalue weighted by Crippen LogP contribution is -2.58. The lowest BCUT2D eigenvalue weighted by molar-refractivity contribution is -0.159. The first-order valence-electron chi connectivity index (χ1n) is 9.95. The molecule has 2 heterocycles. The number of aromatic nitrogens is 2. The van der Waals surface area contributed by atoms with Gasteiger partial charge in [-0.25, -0.2) is 0 Å². The fourth-order valence-corrected chi connectivity index (χ4v) is 4.37. The van der Waals surface area contributed by atoms with Crippen molar-refractivity contribution in [1.82, 2.24) is 20.0 Å². The van der Waals surface area contributed by atoms with Gasteiger partial charge in [-0.15, -0.1) is 10.2 Å². The van der Waals surface area contributed by atoms with E-state index in [4.69, 9.17) is 4.42 Å². The molecule has 0 radical (unpaired) electrons. The quantitative estimate of drug-likeness (QED) is 0.798. The maximum Gasteiger partial charge on any atom is 0.255 e. The standard InChI is InChI=1S/C19H32N4O3/c1-15-20-21-17(26-15)13-22(2)14-19(25)10-6-11-23(18(19)24)12-9-16-7-4-3-5-8-16/h16,25H,3-14H2,1-2H3/t19-/m0/s1. The minimum atomic E-state index is -1.31. The molecule has 7 nitrogen and oxygen atoms in total. The maximum atomic E-state index is 12.9. The zero-order valence-corrected chi connectivity index (χ0v) is 16.1. The molecule has 1 N–H and O–H groups in total. The molecule has 2 fully saturated rings. The fourth-order valence-electron chi connectivity index (χ4n) is 4.37. The van der Waals surface area contributed by atoms with E-state index in [1.807, 2.05) is 16.8 Å². The van der Waals surface area contributed by atoms with Crippen molar-refractivity contribution in [3.05, 3.63) is 11.8 Å². The van der Waals surface area contributed by atoms with E-state index in [0.29, 0.717) is 24.7 Å². The summed E-state index contributed by atoms with van der Waals surface area (Å²) in [6, 6.07) is 0. The Kier molecular flexibility index (Phi) is 6.29. The molecule has 1 aliphatic carbocycles. The molecule has 26 heavy (non-hydrogen) atoms. The van der Waals surface area contributed by atoms with Gasteiger partial charge in [-0.3, -0.25) is 9.69 Å². The number of aliphatic hydroxyl groups is 1. The Hall–Kier alpha value is -1.47. The van der Waals surface area contributed by atoms with Crippen LogP contribution in [0.25, 0.3) is 0 Å². The van der Waals surface area contributed by atoms with Crippen LogP contribution in [0, 0.1) is 12.8 Å². The van der Waals surface area contributed by atoms with E-state index in [2.05, 4.69) is 10.2 Å². The van der Waals surface area contributed by atoms with Crippen LogP contribution in [-0.2, 0) is 11.3 Å². The van der Waals surface area contributed by atoms with Gasteiger partial charge in [0.1, 0.15) is 0 Å². The van der Waals surface area contributed by atoms with Crippen LogP contribution in [0.5, 0.6) is 0 Å². The molecule has 0 aromatic carbocycles. The molecular formula is C19H32N4O3. The first kappa shape index (κ1) is 19.3. The Balaban J connectivity index is 1.52. The highest BCUT2D eigenvalue weighted by atomic mass is 16.4. The average molecular weight is 364 g/mol. The van der Waals surface area contributed by atoms with Crippen molar-refractivity contribution >= 4 is 5.91 Å². The number of nitrogens with zero attached hydrogens (tertiary/aromatic N) is 4. The van der Waals surface area contributed by atoms with Gasteiger partial charge < -0.3 is 14.4 Å². The van der Waals surface area contributed by atoms with Crippen LogP contribution in [0.2, 0.25) is 0 Å². The predicted molar refractivity (Wildman–Crippen MR) is 97.3 cm³/mol. The Morgan fingerprint density at radius 1 is 1.27 bits per heavy atom. The molecular weight excluding hydrogens is 332 g/mol. The van der Waals surface area contributed by atoms with Gasteiger partial charge >= 0.3 is 0 Å². The molecule has 1 amide bonds. The van der Waals surface area contributed by atoms with Gasteiger partial charge in [-0.2, -0.15) is 0 Å². The van der Waals surface area contributed by atoms with E-state index < -0.39 is 5.60 Å². The van der Waals surface area contributed by atoms with E-state index >= 15 is 0 Å². The summed E-state index contributed by atoms with van der Waals surface area (Å²) in [7, 11) is 1.87. The minimum Gasteiger partial charge on any atom is -0.424 e. The summed E-state index contributed by atoms with van der Waals surface area (Å²) in [5.74, 6) is 1.66. The number of carbonyl (C=O) groups excluding carboxylic acids is 1. The number of piperidine rings is 1. The van der Waals surface area contributed by atoms with Crippen LogP contribution in [0.1, 0.15) is 63.1 Å². The minimum absolute atomic E-state index is 0.117. The normalized spacial score (nSPS) is 25.2. The molecule has 1 atom stereocenters. The van der Waals surface area contributed by atoms with Crippen LogP contribution in [0.3, 0.4) is 0 Å². The van der Waals surface area contributed by atoms with Gasteiger partial charge in [0.15, 0.2) is 5.60 Å². The lowest BCUT2D eigenvalue weighted by Gasteiger charge is -2.40. The summed E-state index contributed by atoms with van der Waals surface area (Å²) < 4.78 is 5.39. The van der Waals surface area contributed by atoms with E-state index in [0.717, 1.165) is 31.8 Å². The third-order valence-corrected chi connectivity index (χ3v) is 5.74. The Morgan fingerprint density at radius 3 is 2.73 bits per heavy atom. The van der Waals surface area contributed by atoms with E-state index in [1.165, 1.54) is 32.1 Å². The van der Waals surface area contributed by atoms with E-state index in [1.54, 1.807) is 6.92 Å². The number of rotatable bonds is 7. The number of amides is 1. The first-order valence-corrected chi connectivity index (χ1v) is 9.95. The highest BCUT2D eigenvalue weighted by Gasteiger charge is 2.42. The number of likely N-dealkylation sites (tertiary alicyclic amines) is 1. The largest absolute Gasteiger partial charge is 0.424 e. The topological polar surface area (TPSA) is 82.7 Å². The Labute approximate surface area is 155 Å². The fraction of sp³-hybridized carbons (Fsp3) is 0.842. The monoisotopic (exact) mass is 364 g/mol. The number of hydrogen-bond acceptors (Lipinski definition) is 6. The molecule has 146 valence electrons. The van der Waals surface area contributed by atoms with Gasteiger partial charge in [0.25, 0.3) is 5.91 Å². The smallest absolute Gasteiger partial charge is 0.255 e. The van der Waals surface area contributed by atoms with Crippen LogP contribution >= 0.6 is 0 Å². The van der Waals surface area contributed by atoms with Crippen LogP contribution in [0.4, 0.5) is 0 Å². The van der Waals surface area contributed by atoms with Crippen molar-refractivity contribution in [2.45, 2.75) is 70.4 Å². The van der Waals surface area contributed by atoms with E-state index in [-0.39, 0.29) is 12.5 Å². The predicted octanol–water partition coefficient (Wildman–Crippen LogP) is 2.13. The molecule has 1 aliphatic heterocycles. The van der Waals surface area contributed by atoms with E-state index in [9.17, 15) is 9.90 Å². The van der Waals surface area contributed by atoms with Crippen molar-refractivity contribution in [3.63, 3.8) is 0 Å². The molecule has 1 saturated heterocycles. The molecule has 0 bridgehead atoms. The third-order valence-electron chi connectivity index (χ3n) is 5.74. The highest BCUT2D eigenvalue weighted by Crippen LogP contribution is 2.29.